The van der Waals surface area contributed by atoms with Gasteiger partial charge in [0.05, 0.1) is 6.10 Å². The monoisotopic (exact) mass is 186 g/mol. The maximum atomic E-state index is 5.83. The van der Waals surface area contributed by atoms with Gasteiger partial charge in [0.25, 0.3) is 0 Å². The molecule has 2 aliphatic rings. The van der Waals surface area contributed by atoms with Crippen LogP contribution in [0.4, 0.5) is 0 Å². The van der Waals surface area contributed by atoms with E-state index in [2.05, 4.69) is 32.5 Å². The van der Waals surface area contributed by atoms with E-state index in [1.165, 1.54) is 12.2 Å². The number of ether oxygens (including phenoxy) is 1. The van der Waals surface area contributed by atoms with Crippen molar-refractivity contribution in [1.29, 1.82) is 0 Å². The van der Waals surface area contributed by atoms with Gasteiger partial charge in [0.15, 0.2) is 0 Å². The van der Waals surface area contributed by atoms with E-state index in [9.17, 15) is 0 Å². The number of hydrogen-bond acceptors (Lipinski definition) is 2. The van der Waals surface area contributed by atoms with Gasteiger partial charge < -0.3 is 4.74 Å². The van der Waals surface area contributed by atoms with Crippen LogP contribution >= 0.6 is 11.8 Å². The zero-order chi connectivity index (χ0) is 8.77. The second-order valence-corrected chi connectivity index (χ2v) is 5.82. The lowest BCUT2D eigenvalue weighted by molar-refractivity contribution is 0.00543. The summed E-state index contributed by atoms with van der Waals surface area (Å²) in [6.45, 7) is 8.03. The van der Waals surface area contributed by atoms with Gasteiger partial charge in [0.2, 0.25) is 0 Å². The van der Waals surface area contributed by atoms with Crippen LogP contribution in [0.1, 0.15) is 27.2 Å². The molecule has 0 aromatic rings. The van der Waals surface area contributed by atoms with E-state index >= 15 is 0 Å². The molecule has 0 radical (unpaired) electrons. The minimum absolute atomic E-state index is 0.436. The lowest BCUT2D eigenvalue weighted by Crippen LogP contribution is -2.37. The van der Waals surface area contributed by atoms with E-state index in [1.54, 1.807) is 0 Å². The van der Waals surface area contributed by atoms with E-state index in [1.807, 2.05) is 0 Å². The number of hydrogen-bond donors (Lipinski definition) is 0. The summed E-state index contributed by atoms with van der Waals surface area (Å²) in [5.41, 5.74) is 0.436. The van der Waals surface area contributed by atoms with Crippen LogP contribution in [0.2, 0.25) is 0 Å². The van der Waals surface area contributed by atoms with Crippen LogP contribution in [-0.4, -0.2) is 23.7 Å². The molecule has 2 aliphatic heterocycles. The summed E-state index contributed by atoms with van der Waals surface area (Å²) in [6, 6.07) is 0. The lowest BCUT2D eigenvalue weighted by atomic mass is 9.75. The summed E-state index contributed by atoms with van der Waals surface area (Å²) in [7, 11) is 0. The third kappa shape index (κ3) is 1.12. The largest absolute Gasteiger partial charge is 0.376 e. The van der Waals surface area contributed by atoms with Gasteiger partial charge in [0, 0.05) is 23.0 Å². The van der Waals surface area contributed by atoms with Gasteiger partial charge in [-0.1, -0.05) is 20.8 Å². The molecule has 0 aromatic carbocycles. The van der Waals surface area contributed by atoms with Gasteiger partial charge >= 0.3 is 0 Å². The fourth-order valence-electron chi connectivity index (χ4n) is 2.22. The molecule has 2 fully saturated rings. The van der Waals surface area contributed by atoms with Gasteiger partial charge in [-0.15, -0.1) is 0 Å². The molecule has 2 heteroatoms. The summed E-state index contributed by atoms with van der Waals surface area (Å²) in [4.78, 5) is 0. The van der Waals surface area contributed by atoms with Crippen LogP contribution in [-0.2, 0) is 4.74 Å². The Labute approximate surface area is 79.2 Å². The highest BCUT2D eigenvalue weighted by Crippen LogP contribution is 2.50. The molecule has 0 aromatic heterocycles. The van der Waals surface area contributed by atoms with Crippen molar-refractivity contribution in [2.75, 3.05) is 12.4 Å². The Hall–Kier alpha value is 0.310. The molecule has 0 spiro atoms. The summed E-state index contributed by atoms with van der Waals surface area (Å²) >= 11 is 2.12. The van der Waals surface area contributed by atoms with Crippen LogP contribution in [0.25, 0.3) is 0 Å². The van der Waals surface area contributed by atoms with E-state index < -0.39 is 0 Å². The molecular weight excluding hydrogens is 168 g/mol. The van der Waals surface area contributed by atoms with Crippen molar-refractivity contribution in [2.24, 2.45) is 11.3 Å². The smallest absolute Gasteiger partial charge is 0.0758 e. The SMILES string of the molecule is CC(C)C1(C)CSC2CCOC21. The Balaban J connectivity index is 2.17. The highest BCUT2D eigenvalue weighted by molar-refractivity contribution is 8.00. The van der Waals surface area contributed by atoms with Gasteiger partial charge in [0.1, 0.15) is 0 Å². The predicted octanol–water partition coefficient (Wildman–Crippen LogP) is 2.55. The standard InChI is InChI=1S/C10H18OS/c1-7(2)10(3)6-12-8-4-5-11-9(8)10/h7-9H,4-6H2,1-3H3. The van der Waals surface area contributed by atoms with Crippen molar-refractivity contribution >= 4 is 11.8 Å². The fraction of sp³-hybridized carbons (Fsp3) is 1.00. The third-order valence-corrected chi connectivity index (χ3v) is 5.31. The van der Waals surface area contributed by atoms with Crippen LogP contribution in [0.5, 0.6) is 0 Å². The molecule has 3 atom stereocenters. The fourth-order valence-corrected chi connectivity index (χ4v) is 4.12. The van der Waals surface area contributed by atoms with Crippen molar-refractivity contribution < 1.29 is 4.74 Å². The number of rotatable bonds is 1. The second-order valence-electron chi connectivity index (χ2n) is 4.59. The molecule has 0 bridgehead atoms. The van der Waals surface area contributed by atoms with E-state index in [0.717, 1.165) is 17.8 Å². The first kappa shape index (κ1) is 8.89. The van der Waals surface area contributed by atoms with E-state index in [0.29, 0.717) is 11.5 Å². The molecule has 12 heavy (non-hydrogen) atoms. The molecule has 70 valence electrons. The van der Waals surface area contributed by atoms with Crippen molar-refractivity contribution in [3.8, 4) is 0 Å². The molecular formula is C10H18OS. The topological polar surface area (TPSA) is 9.23 Å². The van der Waals surface area contributed by atoms with Crippen molar-refractivity contribution in [3.63, 3.8) is 0 Å². The first-order valence-corrected chi connectivity index (χ1v) is 5.92. The maximum absolute atomic E-state index is 5.83. The highest BCUT2D eigenvalue weighted by Gasteiger charge is 2.50. The minimum Gasteiger partial charge on any atom is -0.376 e. The first-order valence-electron chi connectivity index (χ1n) is 4.88. The van der Waals surface area contributed by atoms with Crippen LogP contribution < -0.4 is 0 Å². The average Bonchev–Trinajstić information content (AvgIpc) is 2.54. The summed E-state index contributed by atoms with van der Waals surface area (Å²) in [5, 5.41) is 0.803. The normalized spacial score (nSPS) is 47.0. The quantitative estimate of drug-likeness (QED) is 0.622. The minimum atomic E-state index is 0.436. The number of thioether (sulfide) groups is 1. The molecule has 0 amide bonds. The van der Waals surface area contributed by atoms with Gasteiger partial charge in [-0.3, -0.25) is 0 Å². The Kier molecular flexibility index (Phi) is 2.16. The van der Waals surface area contributed by atoms with Crippen molar-refractivity contribution in [1.82, 2.24) is 0 Å². The van der Waals surface area contributed by atoms with Crippen LogP contribution in [0, 0.1) is 11.3 Å². The zero-order valence-corrected chi connectivity index (χ0v) is 8.99. The molecule has 1 nitrogen and oxygen atoms in total. The first-order chi connectivity index (χ1) is 5.64. The predicted molar refractivity (Wildman–Crippen MR) is 53.5 cm³/mol. The van der Waals surface area contributed by atoms with Gasteiger partial charge in [-0.25, -0.2) is 0 Å². The summed E-state index contributed by atoms with van der Waals surface area (Å²) < 4.78 is 5.83. The van der Waals surface area contributed by atoms with Gasteiger partial charge in [-0.05, 0) is 12.3 Å². The molecule has 2 saturated heterocycles. The third-order valence-electron chi connectivity index (χ3n) is 3.61. The Morgan fingerprint density at radius 3 is 2.92 bits per heavy atom. The number of fused-ring (bicyclic) bond motifs is 1. The summed E-state index contributed by atoms with van der Waals surface area (Å²) in [6.07, 6.45) is 1.82. The Morgan fingerprint density at radius 2 is 2.25 bits per heavy atom. The molecule has 0 saturated carbocycles. The average molecular weight is 186 g/mol. The van der Waals surface area contributed by atoms with E-state index in [-0.39, 0.29) is 0 Å². The lowest BCUT2D eigenvalue weighted by Gasteiger charge is -2.33. The van der Waals surface area contributed by atoms with Crippen molar-refractivity contribution in [2.45, 2.75) is 38.5 Å². The highest BCUT2D eigenvalue weighted by atomic mass is 32.2. The van der Waals surface area contributed by atoms with Crippen LogP contribution in [0.15, 0.2) is 0 Å². The Bertz CT molecular complexity index is 181. The van der Waals surface area contributed by atoms with E-state index in [4.69, 9.17) is 4.74 Å². The van der Waals surface area contributed by atoms with Gasteiger partial charge in [-0.2, -0.15) is 11.8 Å². The molecule has 0 aliphatic carbocycles. The zero-order valence-electron chi connectivity index (χ0n) is 8.17. The second kappa shape index (κ2) is 2.91. The van der Waals surface area contributed by atoms with Crippen LogP contribution in [0.3, 0.4) is 0 Å². The molecule has 3 unspecified atom stereocenters. The summed E-state index contributed by atoms with van der Waals surface area (Å²) in [5.74, 6) is 2.04. The molecule has 2 heterocycles. The molecule has 0 N–H and O–H groups in total. The molecule has 2 rings (SSSR count). The van der Waals surface area contributed by atoms with Crippen molar-refractivity contribution in [3.05, 3.63) is 0 Å². The Morgan fingerprint density at radius 1 is 1.50 bits per heavy atom. The maximum Gasteiger partial charge on any atom is 0.0758 e.